The summed E-state index contributed by atoms with van der Waals surface area (Å²) in [5.74, 6) is 0.373. The number of anilines is 1. The van der Waals surface area contributed by atoms with Crippen LogP contribution in [0.4, 0.5) is 5.82 Å². The van der Waals surface area contributed by atoms with Crippen LogP contribution in [-0.4, -0.2) is 9.55 Å². The van der Waals surface area contributed by atoms with Gasteiger partial charge >= 0.3 is 0 Å². The van der Waals surface area contributed by atoms with E-state index in [2.05, 4.69) is 26.2 Å². The van der Waals surface area contributed by atoms with Crippen molar-refractivity contribution in [2.75, 3.05) is 5.32 Å². The van der Waals surface area contributed by atoms with E-state index in [4.69, 9.17) is 0 Å². The number of hydrogen-bond acceptors (Lipinski definition) is 3. The minimum absolute atomic E-state index is 0.105. The molecule has 1 N–H and O–H groups in total. The predicted octanol–water partition coefficient (Wildman–Crippen LogP) is 3.37. The highest BCUT2D eigenvalue weighted by molar-refractivity contribution is 9.10. The largest absolute Gasteiger partial charge is 0.361 e. The molecule has 0 bridgehead atoms. The van der Waals surface area contributed by atoms with Crippen molar-refractivity contribution in [3.63, 3.8) is 0 Å². The molecule has 0 aliphatic heterocycles. The van der Waals surface area contributed by atoms with Gasteiger partial charge in [0.15, 0.2) is 5.82 Å². The van der Waals surface area contributed by atoms with E-state index in [0.717, 1.165) is 10.0 Å². The minimum Gasteiger partial charge on any atom is -0.361 e. The molecule has 0 saturated carbocycles. The number of rotatable bonds is 3. The molecule has 2 rings (SSSR count). The van der Waals surface area contributed by atoms with E-state index in [1.165, 1.54) is 0 Å². The van der Waals surface area contributed by atoms with Crippen LogP contribution in [0.15, 0.2) is 45.9 Å². The highest BCUT2D eigenvalue weighted by Gasteiger charge is 2.16. The zero-order chi connectivity index (χ0) is 14.8. The fourth-order valence-corrected chi connectivity index (χ4v) is 2.31. The van der Waals surface area contributed by atoms with Crippen molar-refractivity contribution in [1.29, 1.82) is 0 Å². The number of nitrogens with one attached hydrogen (secondary N) is 1. The topological polar surface area (TPSA) is 46.9 Å². The summed E-state index contributed by atoms with van der Waals surface area (Å²) in [4.78, 5) is 16.5. The van der Waals surface area contributed by atoms with Crippen LogP contribution in [0.25, 0.3) is 0 Å². The van der Waals surface area contributed by atoms with Gasteiger partial charge in [-0.15, -0.1) is 0 Å². The van der Waals surface area contributed by atoms with Gasteiger partial charge in [0.05, 0.1) is 0 Å². The Morgan fingerprint density at radius 2 is 2.00 bits per heavy atom. The molecule has 1 heterocycles. The second kappa shape index (κ2) is 5.79. The first-order valence-electron chi connectivity index (χ1n) is 6.45. The summed E-state index contributed by atoms with van der Waals surface area (Å²) in [6, 6.07) is 7.90. The molecule has 0 saturated heterocycles. The van der Waals surface area contributed by atoms with E-state index >= 15 is 0 Å². The second-order valence-electron chi connectivity index (χ2n) is 5.57. The van der Waals surface area contributed by atoms with Gasteiger partial charge in [-0.25, -0.2) is 4.98 Å². The normalized spacial score (nSPS) is 11.4. The van der Waals surface area contributed by atoms with Crippen molar-refractivity contribution in [3.8, 4) is 0 Å². The fourth-order valence-electron chi connectivity index (χ4n) is 1.88. The van der Waals surface area contributed by atoms with Crippen LogP contribution in [0.1, 0.15) is 26.3 Å². The summed E-state index contributed by atoms with van der Waals surface area (Å²) in [5, 5.41) is 3.11. The van der Waals surface area contributed by atoms with Gasteiger partial charge in [-0.1, -0.05) is 34.1 Å². The van der Waals surface area contributed by atoms with Gasteiger partial charge in [0.1, 0.15) is 0 Å². The number of benzene rings is 1. The molecule has 1 aromatic carbocycles. The second-order valence-corrected chi connectivity index (χ2v) is 6.42. The van der Waals surface area contributed by atoms with E-state index in [1.807, 2.05) is 45.0 Å². The molecule has 0 unspecified atom stereocenters. The molecular weight excluding hydrogens is 318 g/mol. The summed E-state index contributed by atoms with van der Waals surface area (Å²) in [6.07, 6.45) is 3.36. The zero-order valence-corrected chi connectivity index (χ0v) is 13.4. The number of nitrogens with zero attached hydrogens (tertiary/aromatic N) is 2. The minimum atomic E-state index is -0.260. The highest BCUT2D eigenvalue weighted by Crippen LogP contribution is 2.16. The predicted molar refractivity (Wildman–Crippen MR) is 85.0 cm³/mol. The summed E-state index contributed by atoms with van der Waals surface area (Å²) in [7, 11) is 0. The molecule has 0 spiro atoms. The quantitative estimate of drug-likeness (QED) is 0.935. The van der Waals surface area contributed by atoms with Crippen molar-refractivity contribution in [3.05, 3.63) is 57.0 Å². The molecule has 0 radical (unpaired) electrons. The van der Waals surface area contributed by atoms with Crippen molar-refractivity contribution >= 4 is 21.7 Å². The third-order valence-electron chi connectivity index (χ3n) is 2.97. The SMILES string of the molecule is CC(C)(C)n1ccnc(NCc2ccccc2Br)c1=O. The van der Waals surface area contributed by atoms with Crippen molar-refractivity contribution in [2.24, 2.45) is 0 Å². The lowest BCUT2D eigenvalue weighted by Gasteiger charge is -2.22. The lowest BCUT2D eigenvalue weighted by Crippen LogP contribution is -2.35. The third-order valence-corrected chi connectivity index (χ3v) is 3.74. The average Bonchev–Trinajstić information content (AvgIpc) is 2.38. The first-order chi connectivity index (χ1) is 9.39. The molecule has 0 amide bonds. The van der Waals surface area contributed by atoms with Crippen molar-refractivity contribution < 1.29 is 0 Å². The van der Waals surface area contributed by atoms with Crippen molar-refractivity contribution in [2.45, 2.75) is 32.9 Å². The summed E-state index contributed by atoms with van der Waals surface area (Å²) in [5.41, 5.74) is 0.718. The molecule has 106 valence electrons. The zero-order valence-electron chi connectivity index (χ0n) is 11.9. The molecule has 1 aromatic heterocycles. The molecule has 20 heavy (non-hydrogen) atoms. The van der Waals surface area contributed by atoms with Gasteiger partial charge in [-0.3, -0.25) is 4.79 Å². The van der Waals surface area contributed by atoms with E-state index in [-0.39, 0.29) is 11.1 Å². The van der Waals surface area contributed by atoms with Gasteiger partial charge in [-0.05, 0) is 32.4 Å². The standard InChI is InChI=1S/C15H18BrN3O/c1-15(2,3)19-9-8-17-13(14(19)20)18-10-11-6-4-5-7-12(11)16/h4-9H,10H2,1-3H3,(H,17,18). The van der Waals surface area contributed by atoms with E-state index in [0.29, 0.717) is 12.4 Å². The summed E-state index contributed by atoms with van der Waals surface area (Å²) >= 11 is 3.49. The number of halogens is 1. The van der Waals surface area contributed by atoms with Crippen LogP contribution in [0, 0.1) is 0 Å². The lowest BCUT2D eigenvalue weighted by molar-refractivity contribution is 0.383. The number of aromatic nitrogens is 2. The maximum Gasteiger partial charge on any atom is 0.293 e. The van der Waals surface area contributed by atoms with Crippen LogP contribution in [0.2, 0.25) is 0 Å². The van der Waals surface area contributed by atoms with E-state index in [9.17, 15) is 4.79 Å². The molecule has 0 aliphatic carbocycles. The Hall–Kier alpha value is -1.62. The van der Waals surface area contributed by atoms with Gasteiger partial charge in [0.2, 0.25) is 0 Å². The smallest absolute Gasteiger partial charge is 0.293 e. The molecule has 4 nitrogen and oxygen atoms in total. The molecule has 0 atom stereocenters. The fraction of sp³-hybridized carbons (Fsp3) is 0.333. The third kappa shape index (κ3) is 3.28. The first-order valence-corrected chi connectivity index (χ1v) is 7.24. The van der Waals surface area contributed by atoms with Crippen LogP contribution in [0.5, 0.6) is 0 Å². The molecule has 0 fully saturated rings. The van der Waals surface area contributed by atoms with Crippen molar-refractivity contribution in [1.82, 2.24) is 9.55 Å². The number of hydrogen-bond donors (Lipinski definition) is 1. The maximum absolute atomic E-state index is 12.3. The molecule has 5 heteroatoms. The Labute approximate surface area is 127 Å². The molecule has 0 aliphatic rings. The lowest BCUT2D eigenvalue weighted by atomic mass is 10.1. The molecular formula is C15H18BrN3O. The molecule has 2 aromatic rings. The Morgan fingerprint density at radius 1 is 1.30 bits per heavy atom. The van der Waals surface area contributed by atoms with Crippen LogP contribution >= 0.6 is 15.9 Å². The average molecular weight is 336 g/mol. The van der Waals surface area contributed by atoms with Crippen LogP contribution in [0.3, 0.4) is 0 Å². The highest BCUT2D eigenvalue weighted by atomic mass is 79.9. The van der Waals surface area contributed by atoms with Crippen LogP contribution < -0.4 is 10.9 Å². The van der Waals surface area contributed by atoms with Gasteiger partial charge in [-0.2, -0.15) is 0 Å². The van der Waals surface area contributed by atoms with Crippen LogP contribution in [-0.2, 0) is 12.1 Å². The Bertz CT molecular complexity index is 659. The first kappa shape index (κ1) is 14.8. The Morgan fingerprint density at radius 3 is 2.65 bits per heavy atom. The monoisotopic (exact) mass is 335 g/mol. The Kier molecular flexibility index (Phi) is 4.28. The maximum atomic E-state index is 12.3. The van der Waals surface area contributed by atoms with E-state index < -0.39 is 0 Å². The van der Waals surface area contributed by atoms with Gasteiger partial charge < -0.3 is 9.88 Å². The van der Waals surface area contributed by atoms with E-state index in [1.54, 1.807) is 17.0 Å². The summed E-state index contributed by atoms with van der Waals surface area (Å²) in [6.45, 7) is 6.53. The Balaban J connectivity index is 2.23. The van der Waals surface area contributed by atoms with Gasteiger partial charge in [0, 0.05) is 29.0 Å². The van der Waals surface area contributed by atoms with Gasteiger partial charge in [0.25, 0.3) is 5.56 Å². The summed E-state index contributed by atoms with van der Waals surface area (Å²) < 4.78 is 2.70.